The minimum Gasteiger partial charge on any atom is -0.444 e. The van der Waals surface area contributed by atoms with Crippen molar-refractivity contribution < 1.29 is 33.9 Å². The summed E-state index contributed by atoms with van der Waals surface area (Å²) in [6, 6.07) is 6.48. The van der Waals surface area contributed by atoms with Crippen molar-refractivity contribution in [1.82, 2.24) is 31.2 Å². The van der Waals surface area contributed by atoms with Gasteiger partial charge in [0.1, 0.15) is 23.7 Å². The average molecular weight is 783 g/mol. The first-order chi connectivity index (χ1) is 25.9. The number of hydrogen-bond acceptors (Lipinski definition) is 8. The molecule has 0 saturated carbocycles. The van der Waals surface area contributed by atoms with Crippen LogP contribution < -0.4 is 21.3 Å². The zero-order valence-electron chi connectivity index (χ0n) is 35.9. The number of carbonyl (C=O) groups excluding carboxylic acids is 5. The Balaban J connectivity index is 1.74. The van der Waals surface area contributed by atoms with Gasteiger partial charge in [-0.15, -0.1) is 0 Å². The van der Waals surface area contributed by atoms with Crippen molar-refractivity contribution in [3.8, 4) is 0 Å². The first kappa shape index (κ1) is 46.4. The Morgan fingerprint density at radius 1 is 0.893 bits per heavy atom. The third-order valence-corrected chi connectivity index (χ3v) is 10.4. The Morgan fingerprint density at radius 3 is 2.05 bits per heavy atom. The molecule has 0 radical (unpaired) electrons. The number of hydrogen-bond donors (Lipinski definition) is 5. The zero-order valence-corrected chi connectivity index (χ0v) is 35.9. The van der Waals surface area contributed by atoms with E-state index in [2.05, 4.69) is 35.1 Å². The van der Waals surface area contributed by atoms with Crippen LogP contribution in [0.2, 0.25) is 0 Å². The van der Waals surface area contributed by atoms with Crippen LogP contribution in [0, 0.1) is 17.8 Å². The third-order valence-electron chi connectivity index (χ3n) is 10.4. The molecular formula is C43H70N6O7. The van der Waals surface area contributed by atoms with Crippen LogP contribution in [0.4, 0.5) is 4.79 Å². The number of likely N-dealkylation sites (tertiary alicyclic amines) is 1. The van der Waals surface area contributed by atoms with E-state index in [-0.39, 0.29) is 35.7 Å². The molecule has 1 aromatic carbocycles. The number of rotatable bonds is 15. The van der Waals surface area contributed by atoms with E-state index in [1.54, 1.807) is 32.6 Å². The lowest BCUT2D eigenvalue weighted by Gasteiger charge is -2.51. The fourth-order valence-electron chi connectivity index (χ4n) is 7.89. The number of piperidine rings is 1. The highest BCUT2D eigenvalue weighted by Crippen LogP contribution is 2.36. The fourth-order valence-corrected chi connectivity index (χ4v) is 7.89. The van der Waals surface area contributed by atoms with E-state index in [1.807, 2.05) is 84.0 Å². The zero-order chi connectivity index (χ0) is 42.2. The van der Waals surface area contributed by atoms with E-state index >= 15 is 0 Å². The molecule has 13 heteroatoms. The molecule has 13 nitrogen and oxygen atoms in total. The maximum Gasteiger partial charge on any atom is 0.408 e. The number of nitrogens with zero attached hydrogens (tertiary/aromatic N) is 2. The second kappa shape index (κ2) is 19.5. The maximum absolute atomic E-state index is 14.4. The topological polar surface area (TPSA) is 169 Å². The van der Waals surface area contributed by atoms with Gasteiger partial charge in [-0.2, -0.15) is 5.06 Å². The van der Waals surface area contributed by atoms with Crippen LogP contribution in [0.15, 0.2) is 42.5 Å². The predicted octanol–water partition coefficient (Wildman–Crippen LogP) is 5.50. The van der Waals surface area contributed by atoms with Gasteiger partial charge in [0.05, 0.1) is 12.0 Å². The minimum absolute atomic E-state index is 0.204. The molecule has 0 spiro atoms. The second-order valence-corrected chi connectivity index (χ2v) is 18.8. The Morgan fingerprint density at radius 2 is 1.50 bits per heavy atom. The van der Waals surface area contributed by atoms with E-state index in [0.717, 1.165) is 5.56 Å². The van der Waals surface area contributed by atoms with Crippen molar-refractivity contribution in [3.05, 3.63) is 48.0 Å². The van der Waals surface area contributed by atoms with Crippen molar-refractivity contribution in [2.75, 3.05) is 6.54 Å². The SMILES string of the molecule is CC(C)C[C@@H](/C=C/[C@H](Cc1ccccc1)C(=O)N1CCC[C@@H]1C(=O)N[C@H](C(=O)N[C@@H](C)C(=O)NC1CC(C)(C)N(O)C(C)(C)C1)C(C)C)NC(=O)OC(C)(C)C. The highest BCUT2D eigenvalue weighted by Gasteiger charge is 2.46. The van der Waals surface area contributed by atoms with Crippen molar-refractivity contribution in [3.63, 3.8) is 0 Å². The minimum atomic E-state index is -0.943. The molecule has 5 amide bonds. The Kier molecular flexibility index (Phi) is 16.1. The first-order valence-corrected chi connectivity index (χ1v) is 20.3. The normalized spacial score (nSPS) is 21.0. The van der Waals surface area contributed by atoms with Gasteiger partial charge in [-0.25, -0.2) is 4.79 Å². The van der Waals surface area contributed by atoms with Gasteiger partial charge >= 0.3 is 6.09 Å². The average Bonchev–Trinajstić information content (AvgIpc) is 3.56. The van der Waals surface area contributed by atoms with Gasteiger partial charge in [0.25, 0.3) is 0 Å². The molecule has 0 bridgehead atoms. The van der Waals surface area contributed by atoms with Gasteiger partial charge in [0.2, 0.25) is 23.6 Å². The summed E-state index contributed by atoms with van der Waals surface area (Å²) in [6.07, 6.45) is 6.31. The molecule has 0 aliphatic carbocycles. The largest absolute Gasteiger partial charge is 0.444 e. The van der Waals surface area contributed by atoms with E-state index in [1.165, 1.54) is 5.06 Å². The number of alkyl carbamates (subject to hydrolysis) is 1. The highest BCUT2D eigenvalue weighted by atomic mass is 16.6. The molecule has 314 valence electrons. The van der Waals surface area contributed by atoms with E-state index in [4.69, 9.17) is 4.74 Å². The monoisotopic (exact) mass is 783 g/mol. The number of ether oxygens (including phenoxy) is 1. The predicted molar refractivity (Wildman–Crippen MR) is 217 cm³/mol. The third kappa shape index (κ3) is 13.6. The van der Waals surface area contributed by atoms with Crippen LogP contribution in [0.1, 0.15) is 121 Å². The van der Waals surface area contributed by atoms with Crippen LogP contribution in [0.5, 0.6) is 0 Å². The van der Waals surface area contributed by atoms with Crippen molar-refractivity contribution in [1.29, 1.82) is 0 Å². The number of benzene rings is 1. The van der Waals surface area contributed by atoms with Crippen LogP contribution in [0.25, 0.3) is 0 Å². The summed E-state index contributed by atoms with van der Waals surface area (Å²) in [7, 11) is 0. The summed E-state index contributed by atoms with van der Waals surface area (Å²) in [4.78, 5) is 69.6. The summed E-state index contributed by atoms with van der Waals surface area (Å²) < 4.78 is 5.51. The van der Waals surface area contributed by atoms with Gasteiger partial charge in [0, 0.05) is 23.7 Å². The molecule has 2 fully saturated rings. The lowest BCUT2D eigenvalue weighted by molar-refractivity contribution is -0.246. The van der Waals surface area contributed by atoms with Gasteiger partial charge in [0.15, 0.2) is 0 Å². The molecule has 0 unspecified atom stereocenters. The Bertz CT molecular complexity index is 1520. The summed E-state index contributed by atoms with van der Waals surface area (Å²) in [6.45, 7) is 22.8. The quantitative estimate of drug-likeness (QED) is 0.145. The van der Waals surface area contributed by atoms with Gasteiger partial charge in [-0.05, 0) is 111 Å². The number of carbonyl (C=O) groups is 5. The maximum atomic E-state index is 14.4. The molecule has 2 heterocycles. The molecular weight excluding hydrogens is 713 g/mol. The molecule has 3 rings (SSSR count). The van der Waals surface area contributed by atoms with Crippen LogP contribution in [-0.2, 0) is 30.3 Å². The second-order valence-electron chi connectivity index (χ2n) is 18.8. The Hall–Kier alpha value is -3.97. The lowest BCUT2D eigenvalue weighted by Crippen LogP contribution is -2.64. The fraction of sp³-hybridized carbons (Fsp3) is 0.698. The smallest absolute Gasteiger partial charge is 0.408 e. The lowest BCUT2D eigenvalue weighted by atomic mass is 9.79. The highest BCUT2D eigenvalue weighted by molar-refractivity contribution is 5.95. The van der Waals surface area contributed by atoms with E-state index in [9.17, 15) is 29.2 Å². The summed E-state index contributed by atoms with van der Waals surface area (Å²) in [5, 5.41) is 23.7. The van der Waals surface area contributed by atoms with Crippen LogP contribution in [0.3, 0.4) is 0 Å². The molecule has 2 aliphatic rings. The van der Waals surface area contributed by atoms with E-state index < -0.39 is 58.6 Å². The molecule has 0 aromatic heterocycles. The van der Waals surface area contributed by atoms with Crippen LogP contribution >= 0.6 is 0 Å². The summed E-state index contributed by atoms with van der Waals surface area (Å²) in [5.74, 6) is -2.15. The Labute approximate surface area is 335 Å². The van der Waals surface area contributed by atoms with Gasteiger partial charge < -0.3 is 36.1 Å². The van der Waals surface area contributed by atoms with Gasteiger partial charge in [-0.1, -0.05) is 70.2 Å². The molecule has 5 atom stereocenters. The van der Waals surface area contributed by atoms with E-state index in [0.29, 0.717) is 45.1 Å². The summed E-state index contributed by atoms with van der Waals surface area (Å²) in [5.41, 5.74) is -0.815. The molecule has 56 heavy (non-hydrogen) atoms. The molecule has 2 saturated heterocycles. The summed E-state index contributed by atoms with van der Waals surface area (Å²) >= 11 is 0. The van der Waals surface area contributed by atoms with Crippen molar-refractivity contribution in [2.24, 2.45) is 17.8 Å². The number of amides is 5. The number of hydroxylamine groups is 2. The molecule has 2 aliphatic heterocycles. The molecule has 5 N–H and O–H groups in total. The molecule has 1 aromatic rings. The van der Waals surface area contributed by atoms with Crippen molar-refractivity contribution in [2.45, 2.75) is 168 Å². The van der Waals surface area contributed by atoms with Gasteiger partial charge in [-0.3, -0.25) is 19.2 Å². The standard InChI is InChI=1S/C43H70N6O7/c1-27(2)23-32(46-40(54)56-41(6,7)8)21-20-31(24-30-17-14-13-15-18-30)39(53)48-22-16-19-34(48)37(51)47-35(28(3)4)38(52)44-29(5)36(50)45-33-25-42(9,10)49(55)43(11,12)26-33/h13-15,17-18,20-21,27-29,31-35,55H,16,19,22-26H2,1-12H3,(H,44,52)(H,45,50)(H,46,54)(H,47,51)/b21-20+/t29-,31+,32+,34+,35-/m0/s1. The number of nitrogens with one attached hydrogen (secondary N) is 4. The van der Waals surface area contributed by atoms with Crippen molar-refractivity contribution >= 4 is 29.7 Å². The first-order valence-electron chi connectivity index (χ1n) is 20.3. The van der Waals surface area contributed by atoms with Crippen LogP contribution in [-0.4, -0.2) is 98.3 Å².